The predicted octanol–water partition coefficient (Wildman–Crippen LogP) is 3.87. The van der Waals surface area contributed by atoms with Crippen molar-refractivity contribution in [3.8, 4) is 0 Å². The lowest BCUT2D eigenvalue weighted by molar-refractivity contribution is -0.389. The van der Waals surface area contributed by atoms with Crippen LogP contribution >= 0.6 is 0 Å². The number of nitro groups is 1. The van der Waals surface area contributed by atoms with Crippen molar-refractivity contribution in [2.75, 3.05) is 0 Å². The van der Waals surface area contributed by atoms with Crippen LogP contribution in [0.1, 0.15) is 29.4 Å². The van der Waals surface area contributed by atoms with Crippen molar-refractivity contribution in [1.29, 1.82) is 0 Å². The molecule has 0 saturated carbocycles. The SMILES string of the molecule is Cc1nc([N+](=O)[O-])cn1CCC(=O)NC(Cc1cccc(F)c1)c1cccc(F)c1. The van der Waals surface area contributed by atoms with E-state index in [4.69, 9.17) is 0 Å². The average Bonchev–Trinajstić information content (AvgIpc) is 3.07. The summed E-state index contributed by atoms with van der Waals surface area (Å²) < 4.78 is 28.8. The third kappa shape index (κ3) is 5.47. The van der Waals surface area contributed by atoms with Crippen molar-refractivity contribution >= 4 is 11.7 Å². The maximum Gasteiger partial charge on any atom is 0.381 e. The fourth-order valence-electron chi connectivity index (χ4n) is 3.17. The topological polar surface area (TPSA) is 90.1 Å². The van der Waals surface area contributed by atoms with E-state index in [9.17, 15) is 23.7 Å². The summed E-state index contributed by atoms with van der Waals surface area (Å²) in [4.78, 5) is 26.6. The number of carbonyl (C=O) groups excluding carboxylic acids is 1. The van der Waals surface area contributed by atoms with E-state index in [1.165, 1.54) is 35.0 Å². The Morgan fingerprint density at radius 2 is 1.90 bits per heavy atom. The molecule has 1 atom stereocenters. The van der Waals surface area contributed by atoms with Crippen molar-refractivity contribution in [3.05, 3.63) is 93.4 Å². The van der Waals surface area contributed by atoms with Crippen molar-refractivity contribution < 1.29 is 18.5 Å². The molecule has 2 aromatic carbocycles. The molecule has 1 N–H and O–H groups in total. The summed E-state index contributed by atoms with van der Waals surface area (Å²) in [6, 6.07) is 11.3. The second-order valence-corrected chi connectivity index (χ2v) is 6.86. The summed E-state index contributed by atoms with van der Waals surface area (Å²) in [6.07, 6.45) is 1.60. The number of aryl methyl sites for hydroxylation is 2. The zero-order valence-corrected chi connectivity index (χ0v) is 16.2. The average molecular weight is 414 g/mol. The fraction of sp³-hybridized carbons (Fsp3) is 0.238. The van der Waals surface area contributed by atoms with Gasteiger partial charge in [-0.1, -0.05) is 24.3 Å². The van der Waals surface area contributed by atoms with Gasteiger partial charge in [-0.25, -0.2) is 8.78 Å². The lowest BCUT2D eigenvalue weighted by Gasteiger charge is -2.20. The van der Waals surface area contributed by atoms with Crippen LogP contribution in [-0.4, -0.2) is 20.4 Å². The van der Waals surface area contributed by atoms with E-state index in [-0.39, 0.29) is 31.1 Å². The second kappa shape index (κ2) is 9.25. The molecule has 0 aliphatic heterocycles. The Kier molecular flexibility index (Phi) is 6.51. The van der Waals surface area contributed by atoms with E-state index in [0.29, 0.717) is 17.0 Å². The lowest BCUT2D eigenvalue weighted by atomic mass is 9.98. The number of imidazole rings is 1. The van der Waals surface area contributed by atoms with E-state index in [1.54, 1.807) is 31.2 Å². The number of hydrogen-bond donors (Lipinski definition) is 1. The second-order valence-electron chi connectivity index (χ2n) is 6.86. The third-order valence-corrected chi connectivity index (χ3v) is 4.65. The van der Waals surface area contributed by atoms with Gasteiger partial charge in [-0.05, 0) is 51.7 Å². The van der Waals surface area contributed by atoms with Gasteiger partial charge in [0.2, 0.25) is 11.7 Å². The summed E-state index contributed by atoms with van der Waals surface area (Å²) in [5.74, 6) is -1.01. The Morgan fingerprint density at radius 1 is 1.20 bits per heavy atom. The van der Waals surface area contributed by atoms with Gasteiger partial charge >= 0.3 is 5.82 Å². The van der Waals surface area contributed by atoms with Crippen molar-refractivity contribution in [3.63, 3.8) is 0 Å². The first-order valence-corrected chi connectivity index (χ1v) is 9.29. The molecule has 0 bridgehead atoms. The van der Waals surface area contributed by atoms with Gasteiger partial charge in [-0.2, -0.15) is 0 Å². The largest absolute Gasteiger partial charge is 0.381 e. The Bertz CT molecular complexity index is 1070. The van der Waals surface area contributed by atoms with Crippen LogP contribution in [0, 0.1) is 28.7 Å². The molecular formula is C21H20F2N4O3. The summed E-state index contributed by atoms with van der Waals surface area (Å²) >= 11 is 0. The molecule has 1 amide bonds. The van der Waals surface area contributed by atoms with Crippen molar-refractivity contribution in [1.82, 2.24) is 14.9 Å². The standard InChI is InChI=1S/C21H20F2N4O3/c1-14-24-20(27(29)30)13-26(14)9-8-21(28)25-19(16-5-3-7-18(23)12-16)11-15-4-2-6-17(22)10-15/h2-7,10,12-13,19H,8-9,11H2,1H3,(H,25,28). The molecule has 0 radical (unpaired) electrons. The molecule has 156 valence electrons. The molecule has 3 aromatic rings. The minimum Gasteiger partial charge on any atom is -0.358 e. The minimum atomic E-state index is -0.595. The first-order valence-electron chi connectivity index (χ1n) is 9.29. The predicted molar refractivity (Wildman–Crippen MR) is 106 cm³/mol. The van der Waals surface area contributed by atoms with Crippen LogP contribution in [0.2, 0.25) is 0 Å². The van der Waals surface area contributed by atoms with Crippen molar-refractivity contribution in [2.24, 2.45) is 0 Å². The normalized spacial score (nSPS) is 11.8. The lowest BCUT2D eigenvalue weighted by Crippen LogP contribution is -2.30. The van der Waals surface area contributed by atoms with E-state index in [2.05, 4.69) is 10.3 Å². The molecule has 0 spiro atoms. The van der Waals surface area contributed by atoms with E-state index in [1.807, 2.05) is 0 Å². The van der Waals surface area contributed by atoms with Gasteiger partial charge in [0.25, 0.3) is 0 Å². The Morgan fingerprint density at radius 3 is 2.53 bits per heavy atom. The molecule has 1 unspecified atom stereocenters. The van der Waals surface area contributed by atoms with E-state index in [0.717, 1.165) is 0 Å². The number of halogens is 2. The monoisotopic (exact) mass is 414 g/mol. The van der Waals surface area contributed by atoms with E-state index < -0.39 is 22.6 Å². The number of carbonyl (C=O) groups is 1. The zero-order valence-electron chi connectivity index (χ0n) is 16.2. The highest BCUT2D eigenvalue weighted by molar-refractivity contribution is 5.76. The van der Waals surface area contributed by atoms with Crippen LogP contribution in [0.4, 0.5) is 14.6 Å². The molecule has 3 rings (SSSR count). The molecular weight excluding hydrogens is 394 g/mol. The third-order valence-electron chi connectivity index (χ3n) is 4.65. The van der Waals surface area contributed by atoms with Crippen LogP contribution < -0.4 is 5.32 Å². The Hall–Kier alpha value is -3.62. The highest BCUT2D eigenvalue weighted by Gasteiger charge is 2.19. The number of nitrogens with zero attached hydrogens (tertiary/aromatic N) is 3. The Balaban J connectivity index is 1.72. The first-order chi connectivity index (χ1) is 14.3. The Labute approximate surface area is 171 Å². The zero-order chi connectivity index (χ0) is 21.7. The van der Waals surface area contributed by atoms with Gasteiger partial charge in [0.15, 0.2) is 0 Å². The molecule has 1 aromatic heterocycles. The van der Waals surface area contributed by atoms with Gasteiger partial charge in [-0.3, -0.25) is 4.79 Å². The van der Waals surface area contributed by atoms with E-state index >= 15 is 0 Å². The number of rotatable bonds is 8. The number of amides is 1. The summed E-state index contributed by atoms with van der Waals surface area (Å²) in [5, 5.41) is 13.7. The first kappa shape index (κ1) is 21.1. The van der Waals surface area contributed by atoms with Gasteiger partial charge in [0.05, 0.1) is 6.04 Å². The number of hydrogen-bond acceptors (Lipinski definition) is 4. The summed E-state index contributed by atoms with van der Waals surface area (Å²) in [5.41, 5.74) is 1.22. The summed E-state index contributed by atoms with van der Waals surface area (Å²) in [6.45, 7) is 1.82. The highest BCUT2D eigenvalue weighted by atomic mass is 19.1. The van der Waals surface area contributed by atoms with Gasteiger partial charge < -0.3 is 20.0 Å². The maximum atomic E-state index is 13.7. The maximum absolute atomic E-state index is 13.7. The van der Waals surface area contributed by atoms with Gasteiger partial charge in [0, 0.05) is 19.9 Å². The molecule has 0 saturated heterocycles. The molecule has 0 aliphatic carbocycles. The van der Waals surface area contributed by atoms with Crippen LogP contribution in [0.5, 0.6) is 0 Å². The van der Waals surface area contributed by atoms with Gasteiger partial charge in [-0.15, -0.1) is 0 Å². The quantitative estimate of drug-likeness (QED) is 0.448. The summed E-state index contributed by atoms with van der Waals surface area (Å²) in [7, 11) is 0. The molecule has 0 aliphatic rings. The highest BCUT2D eigenvalue weighted by Crippen LogP contribution is 2.20. The van der Waals surface area contributed by atoms with Crippen LogP contribution in [-0.2, 0) is 17.8 Å². The molecule has 7 nitrogen and oxygen atoms in total. The molecule has 9 heteroatoms. The molecule has 0 fully saturated rings. The van der Waals surface area contributed by atoms with Crippen molar-refractivity contribution in [2.45, 2.75) is 32.4 Å². The van der Waals surface area contributed by atoms with Crippen LogP contribution in [0.25, 0.3) is 0 Å². The van der Waals surface area contributed by atoms with Crippen LogP contribution in [0.15, 0.2) is 54.7 Å². The number of benzene rings is 2. The number of aromatic nitrogens is 2. The fourth-order valence-corrected chi connectivity index (χ4v) is 3.17. The molecule has 30 heavy (non-hydrogen) atoms. The smallest absolute Gasteiger partial charge is 0.358 e. The number of nitrogens with one attached hydrogen (secondary N) is 1. The van der Waals surface area contributed by atoms with Crippen LogP contribution in [0.3, 0.4) is 0 Å². The minimum absolute atomic E-state index is 0.0450. The van der Waals surface area contributed by atoms with Gasteiger partial charge in [0.1, 0.15) is 17.8 Å². The molecule has 1 heterocycles.